The molecular weight excluding hydrogens is 397 g/mol. The highest BCUT2D eigenvalue weighted by molar-refractivity contribution is 6.31. The molecule has 1 aromatic rings. The van der Waals surface area contributed by atoms with Crippen LogP contribution in [0.1, 0.15) is 32.4 Å². The van der Waals surface area contributed by atoms with E-state index in [9.17, 15) is 4.79 Å². The summed E-state index contributed by atoms with van der Waals surface area (Å²) < 4.78 is 5.44. The van der Waals surface area contributed by atoms with Gasteiger partial charge in [0.1, 0.15) is 0 Å². The molecule has 1 saturated heterocycles. The third-order valence-corrected chi connectivity index (χ3v) is 4.78. The van der Waals surface area contributed by atoms with Crippen molar-refractivity contribution in [1.29, 1.82) is 0 Å². The Morgan fingerprint density at radius 1 is 1.27 bits per heavy atom. The molecule has 1 fully saturated rings. The average Bonchev–Trinajstić information content (AvgIpc) is 2.55. The summed E-state index contributed by atoms with van der Waals surface area (Å²) in [5, 5.41) is 3.72. The number of ether oxygens (including phenoxy) is 1. The lowest BCUT2D eigenvalue weighted by atomic mass is 9.87. The van der Waals surface area contributed by atoms with Gasteiger partial charge in [-0.05, 0) is 17.0 Å². The predicted octanol–water partition coefficient (Wildman–Crippen LogP) is 3.05. The smallest absolute Gasteiger partial charge is 0.237 e. The topological polar surface area (TPSA) is 67.6 Å². The van der Waals surface area contributed by atoms with E-state index in [1.54, 1.807) is 0 Å². The van der Waals surface area contributed by atoms with Crippen LogP contribution in [0.25, 0.3) is 0 Å². The SMILES string of the molecule is CC(C)(C)[C@H](N)C(=O)NCC(c1ccccc1Cl)N1CCOCC1.Cl.Cl. The number of nitrogens with zero attached hydrogens (tertiary/aromatic N) is 1. The van der Waals surface area contributed by atoms with Crippen molar-refractivity contribution >= 4 is 42.3 Å². The van der Waals surface area contributed by atoms with E-state index < -0.39 is 6.04 Å². The van der Waals surface area contributed by atoms with Crippen molar-refractivity contribution in [2.45, 2.75) is 32.9 Å². The Morgan fingerprint density at radius 3 is 2.38 bits per heavy atom. The van der Waals surface area contributed by atoms with Crippen molar-refractivity contribution in [3.8, 4) is 0 Å². The van der Waals surface area contributed by atoms with Gasteiger partial charge in [-0.3, -0.25) is 9.69 Å². The molecule has 5 nitrogen and oxygen atoms in total. The number of halogens is 3. The first-order valence-electron chi connectivity index (χ1n) is 8.40. The molecule has 0 aromatic heterocycles. The highest BCUT2D eigenvalue weighted by Crippen LogP contribution is 2.28. The molecule has 8 heteroatoms. The number of nitrogens with one attached hydrogen (secondary N) is 1. The van der Waals surface area contributed by atoms with Crippen molar-refractivity contribution < 1.29 is 9.53 Å². The molecule has 3 N–H and O–H groups in total. The molecule has 0 saturated carbocycles. The summed E-state index contributed by atoms with van der Waals surface area (Å²) >= 11 is 6.39. The molecule has 1 unspecified atom stereocenters. The lowest BCUT2D eigenvalue weighted by molar-refractivity contribution is -0.124. The minimum Gasteiger partial charge on any atom is -0.379 e. The van der Waals surface area contributed by atoms with Crippen molar-refractivity contribution in [3.05, 3.63) is 34.9 Å². The molecule has 1 amide bonds. The number of amides is 1. The summed E-state index contributed by atoms with van der Waals surface area (Å²) in [7, 11) is 0. The Hall–Kier alpha value is -0.560. The number of nitrogens with two attached hydrogens (primary N) is 1. The van der Waals surface area contributed by atoms with E-state index in [4.69, 9.17) is 22.1 Å². The Kier molecular flexibility index (Phi) is 11.1. The highest BCUT2D eigenvalue weighted by Gasteiger charge is 2.29. The molecule has 1 heterocycles. The number of carbonyl (C=O) groups is 1. The third-order valence-electron chi connectivity index (χ3n) is 4.44. The van der Waals surface area contributed by atoms with Crippen LogP contribution in [0.2, 0.25) is 5.02 Å². The van der Waals surface area contributed by atoms with Crippen LogP contribution in [0, 0.1) is 5.41 Å². The number of rotatable bonds is 5. The monoisotopic (exact) mass is 425 g/mol. The second kappa shape index (κ2) is 11.3. The lowest BCUT2D eigenvalue weighted by Crippen LogP contribution is -2.51. The van der Waals surface area contributed by atoms with Gasteiger partial charge in [0.15, 0.2) is 0 Å². The van der Waals surface area contributed by atoms with Crippen LogP contribution in [0.4, 0.5) is 0 Å². The van der Waals surface area contributed by atoms with Gasteiger partial charge >= 0.3 is 0 Å². The third kappa shape index (κ3) is 6.87. The lowest BCUT2D eigenvalue weighted by Gasteiger charge is -2.36. The summed E-state index contributed by atoms with van der Waals surface area (Å²) in [5.74, 6) is -0.132. The maximum absolute atomic E-state index is 12.4. The van der Waals surface area contributed by atoms with E-state index in [-0.39, 0.29) is 42.2 Å². The van der Waals surface area contributed by atoms with E-state index >= 15 is 0 Å². The molecule has 0 radical (unpaired) electrons. The van der Waals surface area contributed by atoms with Gasteiger partial charge in [0.25, 0.3) is 0 Å². The molecule has 1 aliphatic heterocycles. The van der Waals surface area contributed by atoms with Crippen LogP contribution >= 0.6 is 36.4 Å². The highest BCUT2D eigenvalue weighted by atomic mass is 35.5. The second-order valence-electron chi connectivity index (χ2n) is 7.27. The fourth-order valence-electron chi connectivity index (χ4n) is 2.77. The van der Waals surface area contributed by atoms with Crippen molar-refractivity contribution in [2.24, 2.45) is 11.1 Å². The van der Waals surface area contributed by atoms with Gasteiger partial charge in [-0.25, -0.2) is 0 Å². The Morgan fingerprint density at radius 2 is 1.85 bits per heavy atom. The van der Waals surface area contributed by atoms with Crippen molar-refractivity contribution in [3.63, 3.8) is 0 Å². The number of morpholine rings is 1. The van der Waals surface area contributed by atoms with E-state index in [1.807, 2.05) is 45.0 Å². The number of hydrogen-bond acceptors (Lipinski definition) is 4. The first kappa shape index (κ1) is 25.4. The molecule has 26 heavy (non-hydrogen) atoms. The van der Waals surface area contributed by atoms with Gasteiger partial charge in [-0.2, -0.15) is 0 Å². The Labute approximate surface area is 173 Å². The van der Waals surface area contributed by atoms with Crippen LogP contribution < -0.4 is 11.1 Å². The van der Waals surface area contributed by atoms with Gasteiger partial charge < -0.3 is 15.8 Å². The summed E-state index contributed by atoms with van der Waals surface area (Å²) in [5.41, 5.74) is 6.80. The zero-order valence-electron chi connectivity index (χ0n) is 15.5. The van der Waals surface area contributed by atoms with E-state index in [0.29, 0.717) is 24.8 Å². The molecule has 150 valence electrons. The zero-order chi connectivity index (χ0) is 17.7. The zero-order valence-corrected chi connectivity index (χ0v) is 17.9. The summed E-state index contributed by atoms with van der Waals surface area (Å²) in [6.07, 6.45) is 0. The van der Waals surface area contributed by atoms with Gasteiger partial charge in [-0.15, -0.1) is 24.8 Å². The van der Waals surface area contributed by atoms with Crippen molar-refractivity contribution in [2.75, 3.05) is 32.8 Å². The fraction of sp³-hybridized carbons (Fsp3) is 0.611. The Bertz CT molecular complexity index is 561. The molecule has 1 aromatic carbocycles. The van der Waals surface area contributed by atoms with Crippen LogP contribution in [-0.4, -0.2) is 49.7 Å². The molecular formula is C18H30Cl3N3O2. The molecule has 0 bridgehead atoms. The molecule has 2 atom stereocenters. The van der Waals surface area contributed by atoms with Crippen molar-refractivity contribution in [1.82, 2.24) is 10.2 Å². The molecule has 0 aliphatic carbocycles. The standard InChI is InChI=1S/C18H28ClN3O2.2ClH/c1-18(2,3)16(20)17(23)21-12-15(22-8-10-24-11-9-22)13-6-4-5-7-14(13)19;;/h4-7,15-16H,8-12,20H2,1-3H3,(H,21,23);2*1H/t15?,16-;;/m1../s1. The Balaban J connectivity index is 0.00000312. The van der Waals surface area contributed by atoms with Gasteiger partial charge in [0.2, 0.25) is 5.91 Å². The minimum atomic E-state index is -0.547. The largest absolute Gasteiger partial charge is 0.379 e. The predicted molar refractivity (Wildman–Crippen MR) is 112 cm³/mol. The van der Waals surface area contributed by atoms with Crippen LogP contribution in [0.15, 0.2) is 24.3 Å². The molecule has 0 spiro atoms. The normalized spacial score (nSPS) is 17.4. The maximum atomic E-state index is 12.4. The van der Waals surface area contributed by atoms with E-state index in [1.165, 1.54) is 0 Å². The number of benzene rings is 1. The minimum absolute atomic E-state index is 0. The maximum Gasteiger partial charge on any atom is 0.237 e. The average molecular weight is 427 g/mol. The second-order valence-corrected chi connectivity index (χ2v) is 7.68. The quantitative estimate of drug-likeness (QED) is 0.759. The van der Waals surface area contributed by atoms with Crippen LogP contribution in [0.5, 0.6) is 0 Å². The number of hydrogen-bond donors (Lipinski definition) is 2. The van der Waals surface area contributed by atoms with Gasteiger partial charge in [0.05, 0.1) is 25.3 Å². The fourth-order valence-corrected chi connectivity index (χ4v) is 3.03. The van der Waals surface area contributed by atoms with E-state index in [2.05, 4.69) is 10.2 Å². The van der Waals surface area contributed by atoms with Gasteiger partial charge in [-0.1, -0.05) is 50.6 Å². The van der Waals surface area contributed by atoms with Crippen LogP contribution in [-0.2, 0) is 9.53 Å². The first-order chi connectivity index (χ1) is 11.3. The first-order valence-corrected chi connectivity index (χ1v) is 8.78. The van der Waals surface area contributed by atoms with E-state index in [0.717, 1.165) is 18.7 Å². The molecule has 2 rings (SSSR count). The van der Waals surface area contributed by atoms with Gasteiger partial charge in [0, 0.05) is 24.7 Å². The number of carbonyl (C=O) groups excluding carboxylic acids is 1. The van der Waals surface area contributed by atoms with Crippen LogP contribution in [0.3, 0.4) is 0 Å². The molecule has 1 aliphatic rings. The summed E-state index contributed by atoms with van der Waals surface area (Å²) in [4.78, 5) is 14.7. The summed E-state index contributed by atoms with van der Waals surface area (Å²) in [6, 6.07) is 7.24. The summed E-state index contributed by atoms with van der Waals surface area (Å²) in [6.45, 7) is 9.38.